The van der Waals surface area contributed by atoms with Gasteiger partial charge in [0.15, 0.2) is 12.6 Å². The summed E-state index contributed by atoms with van der Waals surface area (Å²) in [5, 5.41) is 42.9. The molecule has 0 radical (unpaired) electrons. The van der Waals surface area contributed by atoms with Crippen LogP contribution in [0.4, 0.5) is 11.4 Å². The first-order valence-electron chi connectivity index (χ1n) is 9.73. The molecule has 12 nitrogen and oxygen atoms in total. The second-order valence-electron chi connectivity index (χ2n) is 7.32. The van der Waals surface area contributed by atoms with E-state index in [2.05, 4.69) is 0 Å². The van der Waals surface area contributed by atoms with Gasteiger partial charge in [0.05, 0.1) is 23.1 Å². The number of aliphatic hydroxyl groups is 2. The number of fused-ring (bicyclic) bond motifs is 2. The summed E-state index contributed by atoms with van der Waals surface area (Å²) < 4.78 is 23.3. The SMILES string of the molecule is O=[N+]([O-])c1cccc(C2OC[C@@H]3OC(c4cccc([N+](=O)[O-])c4)O[C@H](CO)[C@H](O2)[C@H]3O)c1. The summed E-state index contributed by atoms with van der Waals surface area (Å²) in [4.78, 5) is 21.1. The Morgan fingerprint density at radius 1 is 0.906 bits per heavy atom. The van der Waals surface area contributed by atoms with Crippen molar-refractivity contribution in [3.05, 3.63) is 79.9 Å². The molecule has 2 aliphatic heterocycles. The van der Waals surface area contributed by atoms with E-state index in [1.807, 2.05) is 0 Å². The summed E-state index contributed by atoms with van der Waals surface area (Å²) >= 11 is 0. The van der Waals surface area contributed by atoms with Gasteiger partial charge in [0, 0.05) is 35.4 Å². The molecule has 0 aromatic heterocycles. The largest absolute Gasteiger partial charge is 0.394 e. The van der Waals surface area contributed by atoms with E-state index in [9.17, 15) is 30.4 Å². The van der Waals surface area contributed by atoms with E-state index in [1.165, 1.54) is 36.4 Å². The Labute approximate surface area is 181 Å². The predicted octanol–water partition coefficient (Wildman–Crippen LogP) is 1.75. The zero-order valence-electron chi connectivity index (χ0n) is 16.6. The van der Waals surface area contributed by atoms with E-state index in [1.54, 1.807) is 12.1 Å². The molecule has 4 rings (SSSR count). The lowest BCUT2D eigenvalue weighted by molar-refractivity contribution is -0.385. The van der Waals surface area contributed by atoms with Gasteiger partial charge in [-0.15, -0.1) is 0 Å². The number of ether oxygens (including phenoxy) is 4. The Balaban J connectivity index is 1.61. The highest BCUT2D eigenvalue weighted by atomic mass is 16.8. The van der Waals surface area contributed by atoms with Crippen molar-refractivity contribution in [1.29, 1.82) is 0 Å². The maximum Gasteiger partial charge on any atom is 0.269 e. The fourth-order valence-electron chi connectivity index (χ4n) is 3.66. The third kappa shape index (κ3) is 4.46. The molecule has 0 spiro atoms. The van der Waals surface area contributed by atoms with Crippen LogP contribution < -0.4 is 0 Å². The first kappa shape index (κ1) is 22.2. The van der Waals surface area contributed by atoms with Gasteiger partial charge in [0.25, 0.3) is 11.4 Å². The molecule has 2 aliphatic rings. The number of rotatable bonds is 5. The average molecular weight is 448 g/mol. The number of aliphatic hydroxyl groups excluding tert-OH is 2. The third-order valence-corrected chi connectivity index (χ3v) is 5.26. The lowest BCUT2D eigenvalue weighted by Crippen LogP contribution is -2.45. The van der Waals surface area contributed by atoms with Crippen LogP contribution in [0.5, 0.6) is 0 Å². The first-order valence-corrected chi connectivity index (χ1v) is 9.73. The van der Waals surface area contributed by atoms with Gasteiger partial charge in [-0.3, -0.25) is 20.2 Å². The minimum atomic E-state index is -1.26. The smallest absolute Gasteiger partial charge is 0.269 e. The lowest BCUT2D eigenvalue weighted by Gasteiger charge is -2.29. The van der Waals surface area contributed by atoms with Crippen LogP contribution in [0, 0.1) is 20.2 Å². The van der Waals surface area contributed by atoms with Crippen LogP contribution in [0.2, 0.25) is 0 Å². The Morgan fingerprint density at radius 3 is 2.06 bits per heavy atom. The molecule has 170 valence electrons. The average Bonchev–Trinajstić information content (AvgIpc) is 3.04. The Bertz CT molecular complexity index is 1000. The normalized spacial score (nSPS) is 30.2. The van der Waals surface area contributed by atoms with Gasteiger partial charge in [0.2, 0.25) is 0 Å². The highest BCUT2D eigenvalue weighted by Crippen LogP contribution is 2.37. The van der Waals surface area contributed by atoms with Crippen molar-refractivity contribution >= 4 is 11.4 Å². The predicted molar refractivity (Wildman–Crippen MR) is 105 cm³/mol. The van der Waals surface area contributed by atoms with Crippen LogP contribution in [0.15, 0.2) is 48.5 Å². The highest BCUT2D eigenvalue weighted by molar-refractivity contribution is 5.36. The van der Waals surface area contributed by atoms with Crippen molar-refractivity contribution in [3.8, 4) is 0 Å². The molecule has 2 heterocycles. The monoisotopic (exact) mass is 448 g/mol. The number of benzene rings is 2. The van der Waals surface area contributed by atoms with E-state index in [4.69, 9.17) is 18.9 Å². The summed E-state index contributed by atoms with van der Waals surface area (Å²) in [5.41, 5.74) is 0.353. The van der Waals surface area contributed by atoms with Gasteiger partial charge in [0.1, 0.15) is 24.4 Å². The van der Waals surface area contributed by atoms with Gasteiger partial charge in [-0.25, -0.2) is 0 Å². The summed E-state index contributed by atoms with van der Waals surface area (Å²) in [5.74, 6) is 0. The first-order chi connectivity index (χ1) is 15.4. The molecule has 32 heavy (non-hydrogen) atoms. The van der Waals surface area contributed by atoms with Crippen LogP contribution in [-0.2, 0) is 18.9 Å². The lowest BCUT2D eigenvalue weighted by atomic mass is 10.0. The standard InChI is InChI=1S/C20H20N2O10/c23-9-15-18-17(24)16(31-20(30-15)12-4-2-6-14(8-12)22(27)28)10-29-19(32-18)11-3-1-5-13(7-11)21(25)26/h1-8,15-20,23-24H,9-10H2/t15-,16+,17+,18+,19?,20?/m1/s1. The minimum absolute atomic E-state index is 0.155. The number of nitro groups is 2. The topological polar surface area (TPSA) is 164 Å². The Kier molecular flexibility index (Phi) is 6.41. The molecule has 2 N–H and O–H groups in total. The van der Waals surface area contributed by atoms with Crippen molar-refractivity contribution < 1.29 is 39.0 Å². The highest BCUT2D eigenvalue weighted by Gasteiger charge is 2.46. The summed E-state index contributed by atoms with van der Waals surface area (Å²) in [7, 11) is 0. The Morgan fingerprint density at radius 2 is 1.50 bits per heavy atom. The maximum atomic E-state index is 11.1. The number of non-ortho nitro benzene ring substituents is 2. The van der Waals surface area contributed by atoms with Gasteiger partial charge < -0.3 is 29.2 Å². The van der Waals surface area contributed by atoms with E-state index < -0.39 is 53.4 Å². The van der Waals surface area contributed by atoms with Crippen molar-refractivity contribution in [2.45, 2.75) is 37.0 Å². The van der Waals surface area contributed by atoms with Crippen LogP contribution in [0.1, 0.15) is 23.7 Å². The minimum Gasteiger partial charge on any atom is -0.394 e. The van der Waals surface area contributed by atoms with Crippen molar-refractivity contribution in [2.24, 2.45) is 0 Å². The molecule has 2 bridgehead atoms. The van der Waals surface area contributed by atoms with Gasteiger partial charge in [-0.1, -0.05) is 24.3 Å². The molecule has 6 atom stereocenters. The molecule has 0 aliphatic carbocycles. The number of nitro benzene ring substituents is 2. The molecular formula is C20H20N2O10. The molecule has 2 fully saturated rings. The van der Waals surface area contributed by atoms with Crippen LogP contribution >= 0.6 is 0 Å². The van der Waals surface area contributed by atoms with Gasteiger partial charge in [-0.05, 0) is 0 Å². The van der Waals surface area contributed by atoms with E-state index in [-0.39, 0.29) is 18.0 Å². The van der Waals surface area contributed by atoms with E-state index in [0.29, 0.717) is 11.1 Å². The molecule has 0 saturated carbocycles. The molecular weight excluding hydrogens is 428 g/mol. The molecule has 2 aromatic rings. The van der Waals surface area contributed by atoms with Crippen molar-refractivity contribution in [1.82, 2.24) is 0 Å². The quantitative estimate of drug-likeness (QED) is 0.509. The van der Waals surface area contributed by atoms with Crippen molar-refractivity contribution in [3.63, 3.8) is 0 Å². The second kappa shape index (κ2) is 9.24. The second-order valence-corrected chi connectivity index (χ2v) is 7.32. The number of hydrogen-bond acceptors (Lipinski definition) is 10. The molecule has 2 unspecified atom stereocenters. The molecule has 12 heteroatoms. The fraction of sp³-hybridized carbons (Fsp3) is 0.400. The van der Waals surface area contributed by atoms with Crippen LogP contribution in [0.25, 0.3) is 0 Å². The fourth-order valence-corrected chi connectivity index (χ4v) is 3.66. The van der Waals surface area contributed by atoms with E-state index in [0.717, 1.165) is 0 Å². The van der Waals surface area contributed by atoms with Crippen LogP contribution in [0.3, 0.4) is 0 Å². The number of hydrogen-bond donors (Lipinski definition) is 2. The van der Waals surface area contributed by atoms with Crippen molar-refractivity contribution in [2.75, 3.05) is 13.2 Å². The summed E-state index contributed by atoms with van der Waals surface area (Å²) in [6.07, 6.45) is -6.58. The third-order valence-electron chi connectivity index (χ3n) is 5.26. The zero-order valence-corrected chi connectivity index (χ0v) is 16.6. The maximum absolute atomic E-state index is 11.1. The van der Waals surface area contributed by atoms with Gasteiger partial charge >= 0.3 is 0 Å². The summed E-state index contributed by atoms with van der Waals surface area (Å²) in [6, 6.07) is 11.3. The molecule has 2 aromatic carbocycles. The zero-order chi connectivity index (χ0) is 22.8. The summed E-state index contributed by atoms with van der Waals surface area (Å²) in [6.45, 7) is -0.706. The molecule has 2 saturated heterocycles. The van der Waals surface area contributed by atoms with E-state index >= 15 is 0 Å². The van der Waals surface area contributed by atoms with Gasteiger partial charge in [-0.2, -0.15) is 0 Å². The Hall–Kier alpha value is -3.00. The molecule has 0 amide bonds. The number of nitrogens with zero attached hydrogens (tertiary/aromatic N) is 2. The van der Waals surface area contributed by atoms with Crippen LogP contribution in [-0.4, -0.2) is 57.7 Å².